The molecule has 0 unspecified atom stereocenters. The van der Waals surface area contributed by atoms with Crippen molar-refractivity contribution in [1.82, 2.24) is 0 Å². The van der Waals surface area contributed by atoms with Crippen molar-refractivity contribution < 1.29 is 4.79 Å². The Morgan fingerprint density at radius 1 is 0.704 bits per heavy atom. The first-order valence-electron chi connectivity index (χ1n) is 9.85. The van der Waals surface area contributed by atoms with E-state index in [2.05, 4.69) is 86.6 Å². The summed E-state index contributed by atoms with van der Waals surface area (Å²) in [5, 5.41) is 0. The van der Waals surface area contributed by atoms with Crippen molar-refractivity contribution in [2.75, 3.05) is 0 Å². The summed E-state index contributed by atoms with van der Waals surface area (Å²) in [6.07, 6.45) is 2.73. The second-order valence-electron chi connectivity index (χ2n) is 7.56. The van der Waals surface area contributed by atoms with Crippen molar-refractivity contribution in [3.8, 4) is 0 Å². The van der Waals surface area contributed by atoms with Gasteiger partial charge in [-0.3, -0.25) is 0 Å². The number of hydrogen-bond donors (Lipinski definition) is 0. The molecule has 0 fully saturated rings. The molecular weight excluding hydrogens is 389 g/mol. The van der Waals surface area contributed by atoms with Crippen LogP contribution in [-0.4, -0.2) is 17.9 Å². The Labute approximate surface area is 165 Å². The predicted molar refractivity (Wildman–Crippen MR) is 118 cm³/mol. The van der Waals surface area contributed by atoms with E-state index in [4.69, 9.17) is 0 Å². The van der Waals surface area contributed by atoms with Gasteiger partial charge in [-0.25, -0.2) is 0 Å². The zero-order valence-electron chi connectivity index (χ0n) is 16.3. The Kier molecular flexibility index (Phi) is 6.68. The first-order chi connectivity index (χ1) is 13.2. The van der Waals surface area contributed by atoms with Gasteiger partial charge < -0.3 is 0 Å². The van der Waals surface area contributed by atoms with E-state index in [0.717, 1.165) is 12.8 Å². The van der Waals surface area contributed by atoms with Gasteiger partial charge in [0.25, 0.3) is 0 Å². The fourth-order valence-corrected chi connectivity index (χ4v) is 13.5. The molecule has 0 saturated carbocycles. The minimum absolute atomic E-state index is 0.458. The summed E-state index contributed by atoms with van der Waals surface area (Å²) in [6, 6.07) is 31.5. The van der Waals surface area contributed by atoms with Gasteiger partial charge in [-0.1, -0.05) is 0 Å². The molecule has 2 heteroatoms. The Hall–Kier alpha value is -2.13. The third-order valence-corrected chi connectivity index (χ3v) is 15.1. The fraction of sp³-hybridized carbons (Fsp3) is 0.240. The normalized spacial score (nSPS) is 11.5. The second kappa shape index (κ2) is 9.19. The molecule has 0 atom stereocenters. The summed E-state index contributed by atoms with van der Waals surface area (Å²) in [5.41, 5.74) is 0. The van der Waals surface area contributed by atoms with E-state index in [0.29, 0.717) is 17.0 Å². The van der Waals surface area contributed by atoms with E-state index in [9.17, 15) is 4.79 Å². The summed E-state index contributed by atoms with van der Waals surface area (Å²) < 4.78 is 4.14. The molecule has 3 aromatic carbocycles. The maximum atomic E-state index is 13.9. The molecule has 0 aliphatic rings. The molecule has 3 rings (SSSR count). The van der Waals surface area contributed by atoms with Crippen LogP contribution in [-0.2, 0) is 4.79 Å². The molecule has 0 aliphatic carbocycles. The van der Waals surface area contributed by atoms with Crippen LogP contribution in [0.15, 0.2) is 91.0 Å². The Bertz CT molecular complexity index is 745. The molecule has 0 bridgehead atoms. The second-order valence-corrected chi connectivity index (χ2v) is 15.5. The third-order valence-electron chi connectivity index (χ3n) is 5.22. The van der Waals surface area contributed by atoms with Crippen LogP contribution in [0.2, 0.25) is 0 Å². The van der Waals surface area contributed by atoms with Gasteiger partial charge in [0.15, 0.2) is 0 Å². The van der Waals surface area contributed by atoms with Gasteiger partial charge >= 0.3 is 166 Å². The van der Waals surface area contributed by atoms with Crippen LogP contribution in [0.5, 0.6) is 0 Å². The topological polar surface area (TPSA) is 17.1 Å². The summed E-state index contributed by atoms with van der Waals surface area (Å²) in [4.78, 5) is 13.9. The van der Waals surface area contributed by atoms with Crippen LogP contribution in [0.1, 0.15) is 33.1 Å². The van der Waals surface area contributed by atoms with E-state index in [1.165, 1.54) is 13.2 Å². The van der Waals surface area contributed by atoms with Gasteiger partial charge in [-0.15, -0.1) is 0 Å². The molecule has 27 heavy (non-hydrogen) atoms. The molecule has 0 saturated heterocycles. The Balaban J connectivity index is 2.18. The molecule has 0 N–H and O–H groups in total. The van der Waals surface area contributed by atoms with Crippen LogP contribution in [0.4, 0.5) is 0 Å². The van der Waals surface area contributed by atoms with Gasteiger partial charge in [0.2, 0.25) is 0 Å². The molecule has 0 amide bonds. The minimum atomic E-state index is -3.43. The van der Waals surface area contributed by atoms with Crippen molar-refractivity contribution in [1.29, 1.82) is 0 Å². The Morgan fingerprint density at radius 3 is 1.41 bits per heavy atom. The molecule has 0 aliphatic heterocycles. The average molecular weight is 417 g/mol. The molecule has 3 aromatic rings. The number of carbonyl (C=O) groups excluding carboxylic acids is 1. The number of hydrogen-bond acceptors (Lipinski definition) is 1. The van der Waals surface area contributed by atoms with Crippen molar-refractivity contribution in [2.45, 2.75) is 33.1 Å². The molecule has 1 nitrogen and oxygen atoms in total. The van der Waals surface area contributed by atoms with E-state index >= 15 is 0 Å². The first kappa shape index (κ1) is 19.6. The quantitative estimate of drug-likeness (QED) is 0.505. The Morgan fingerprint density at radius 2 is 1.07 bits per heavy atom. The zero-order chi connectivity index (χ0) is 19.1. The standard InChI is InChI=1S/C25H28GeO/c1-21(2)13-12-20-25(27)26(22-14-6-3-7-15-22,23-16-8-4-9-17-23)24-18-10-5-11-19-24/h3-11,14-19,21H,12-13,20H2,1-2H3. The van der Waals surface area contributed by atoms with Crippen LogP contribution in [0.25, 0.3) is 0 Å². The monoisotopic (exact) mass is 418 g/mol. The third kappa shape index (κ3) is 4.24. The van der Waals surface area contributed by atoms with E-state index in [1.807, 2.05) is 18.2 Å². The predicted octanol–water partition coefficient (Wildman–Crippen LogP) is 4.09. The van der Waals surface area contributed by atoms with Crippen LogP contribution in [0, 0.1) is 5.92 Å². The maximum absolute atomic E-state index is 13.9. The fourth-order valence-electron chi connectivity index (χ4n) is 3.91. The zero-order valence-corrected chi connectivity index (χ0v) is 18.4. The number of carbonyl (C=O) groups is 1. The van der Waals surface area contributed by atoms with Crippen LogP contribution < -0.4 is 13.2 Å². The van der Waals surface area contributed by atoms with Crippen molar-refractivity contribution in [3.05, 3.63) is 91.0 Å². The molecule has 0 spiro atoms. The van der Waals surface area contributed by atoms with Crippen molar-refractivity contribution in [2.24, 2.45) is 5.92 Å². The summed E-state index contributed by atoms with van der Waals surface area (Å²) in [6.45, 7) is 4.45. The van der Waals surface area contributed by atoms with Crippen molar-refractivity contribution >= 4 is 31.1 Å². The van der Waals surface area contributed by atoms with Gasteiger partial charge in [-0.05, 0) is 0 Å². The van der Waals surface area contributed by atoms with Crippen LogP contribution in [0.3, 0.4) is 0 Å². The summed E-state index contributed by atoms with van der Waals surface area (Å²) in [5.74, 6) is 0.630. The van der Waals surface area contributed by atoms with Crippen LogP contribution >= 0.6 is 0 Å². The molecule has 0 heterocycles. The van der Waals surface area contributed by atoms with Crippen molar-refractivity contribution in [3.63, 3.8) is 0 Å². The van der Waals surface area contributed by atoms with Gasteiger partial charge in [-0.2, -0.15) is 0 Å². The molecule has 0 radical (unpaired) electrons. The number of rotatable bonds is 8. The SMILES string of the molecule is CC(C)CCC[C](=O)[Ge]([c]1ccccc1)([c]1ccccc1)[c]1ccccc1. The van der Waals surface area contributed by atoms with Gasteiger partial charge in [0.05, 0.1) is 0 Å². The summed E-state index contributed by atoms with van der Waals surface area (Å²) >= 11 is -3.43. The van der Waals surface area contributed by atoms with E-state index in [1.54, 1.807) is 0 Å². The van der Waals surface area contributed by atoms with Gasteiger partial charge in [0.1, 0.15) is 0 Å². The first-order valence-corrected chi connectivity index (χ1v) is 14.0. The number of benzene rings is 3. The molecule has 138 valence electrons. The average Bonchev–Trinajstić information content (AvgIpc) is 2.71. The van der Waals surface area contributed by atoms with Gasteiger partial charge in [0, 0.05) is 0 Å². The van der Waals surface area contributed by atoms with E-state index < -0.39 is 13.3 Å². The van der Waals surface area contributed by atoms with E-state index in [-0.39, 0.29) is 0 Å². The molecule has 0 aromatic heterocycles. The molecular formula is C25H28GeO. The summed E-state index contributed by atoms with van der Waals surface area (Å²) in [7, 11) is 0.